The van der Waals surface area contributed by atoms with Gasteiger partial charge >= 0.3 is 12.1 Å². The van der Waals surface area contributed by atoms with Crippen LogP contribution in [-0.4, -0.2) is 112 Å². The van der Waals surface area contributed by atoms with Crippen molar-refractivity contribution in [3.8, 4) is 5.82 Å². The van der Waals surface area contributed by atoms with E-state index in [1.54, 1.807) is 56.1 Å². The van der Waals surface area contributed by atoms with E-state index < -0.39 is 41.8 Å². The van der Waals surface area contributed by atoms with Gasteiger partial charge in [-0.15, -0.1) is 10.2 Å². The number of aromatic nitrogens is 7. The molecule has 1 amide bonds. The Bertz CT molecular complexity index is 1460. The summed E-state index contributed by atoms with van der Waals surface area (Å²) < 4.78 is 33.2. The summed E-state index contributed by atoms with van der Waals surface area (Å²) in [5.41, 5.74) is 0.454. The van der Waals surface area contributed by atoms with Crippen LogP contribution >= 0.6 is 11.8 Å². The van der Waals surface area contributed by atoms with E-state index >= 15 is 0 Å². The Hall–Kier alpha value is -3.34. The van der Waals surface area contributed by atoms with Crippen molar-refractivity contribution >= 4 is 35.0 Å². The molecule has 16 heteroatoms. The van der Waals surface area contributed by atoms with Gasteiger partial charge in [-0.1, -0.05) is 0 Å². The molecular formula is C26H34N8O7S. The first kappa shape index (κ1) is 28.8. The van der Waals surface area contributed by atoms with Crippen molar-refractivity contribution in [1.29, 1.82) is 0 Å². The summed E-state index contributed by atoms with van der Waals surface area (Å²) in [5.74, 6) is -0.179. The molecule has 6 atom stereocenters. The second kappa shape index (κ2) is 10.7. The number of carbonyl (C=O) groups excluding carboxylic acids is 2. The van der Waals surface area contributed by atoms with Crippen LogP contribution in [0.3, 0.4) is 0 Å². The highest BCUT2D eigenvalue weighted by Gasteiger charge is 2.56. The molecule has 0 N–H and O–H groups in total. The number of fused-ring (bicyclic) bond motifs is 2. The number of carbonyl (C=O) groups is 2. The highest BCUT2D eigenvalue weighted by atomic mass is 32.2. The first-order valence-electron chi connectivity index (χ1n) is 13.7. The number of hydrogen-bond donors (Lipinski definition) is 0. The predicted molar refractivity (Wildman–Crippen MR) is 148 cm³/mol. The number of likely N-dealkylation sites (tertiary alicyclic amines) is 1. The second-order valence-corrected chi connectivity index (χ2v) is 13.2. The zero-order valence-electron chi connectivity index (χ0n) is 24.2. The normalized spacial score (nSPS) is 28.8. The van der Waals surface area contributed by atoms with Crippen LogP contribution in [0.5, 0.6) is 0 Å². The zero-order chi connectivity index (χ0) is 29.8. The number of thioether (sulfide) groups is 1. The molecule has 0 bridgehead atoms. The molecule has 42 heavy (non-hydrogen) atoms. The van der Waals surface area contributed by atoms with Gasteiger partial charge in [0, 0.05) is 17.5 Å². The van der Waals surface area contributed by atoms with Gasteiger partial charge in [0.2, 0.25) is 0 Å². The van der Waals surface area contributed by atoms with Gasteiger partial charge in [-0.3, -0.25) is 14.0 Å². The lowest BCUT2D eigenvalue weighted by Crippen LogP contribution is -2.43. The van der Waals surface area contributed by atoms with Crippen LogP contribution in [0.1, 0.15) is 47.3 Å². The Morgan fingerprint density at radius 1 is 1.10 bits per heavy atom. The lowest BCUT2D eigenvalue weighted by atomic mass is 10.1. The fourth-order valence-corrected chi connectivity index (χ4v) is 6.89. The lowest BCUT2D eigenvalue weighted by molar-refractivity contribution is -0.193. The van der Waals surface area contributed by atoms with E-state index in [0.717, 1.165) is 0 Å². The van der Waals surface area contributed by atoms with Gasteiger partial charge in [-0.2, -0.15) is 11.8 Å². The minimum absolute atomic E-state index is 0.0359. The average molecular weight is 603 g/mol. The minimum Gasteiger partial charge on any atom is -0.467 e. The maximum atomic E-state index is 12.9. The van der Waals surface area contributed by atoms with E-state index in [1.165, 1.54) is 18.3 Å². The fraction of sp³-hybridized carbons (Fsp3) is 0.654. The van der Waals surface area contributed by atoms with E-state index in [-0.39, 0.29) is 17.5 Å². The van der Waals surface area contributed by atoms with Crippen molar-refractivity contribution in [2.24, 2.45) is 0 Å². The van der Waals surface area contributed by atoms with Crippen molar-refractivity contribution < 1.29 is 33.3 Å². The topological polar surface area (TPSA) is 158 Å². The molecule has 0 unspecified atom stereocenters. The predicted octanol–water partition coefficient (Wildman–Crippen LogP) is 2.11. The number of nitrogens with zero attached hydrogens (tertiary/aromatic N) is 8. The molecular weight excluding hydrogens is 568 g/mol. The SMILES string of the molecule is COC(=O)[C@@H]1C[C@H](SC[C@H]2O[C@@H](n3cnc4c(-n5cnnc5)ncnc43)[C@@H]3OC(C)(C)O[C@@H]32)CN1C(=O)OC(C)(C)C. The number of ether oxygens (including phenoxy) is 5. The molecule has 6 heterocycles. The number of rotatable bonds is 6. The second-order valence-electron chi connectivity index (χ2n) is 11.9. The Kier molecular flexibility index (Phi) is 7.35. The molecule has 0 aromatic carbocycles. The maximum Gasteiger partial charge on any atom is 0.411 e. The Labute approximate surface area is 246 Å². The van der Waals surface area contributed by atoms with Gasteiger partial charge in [0.15, 0.2) is 29.0 Å². The van der Waals surface area contributed by atoms with E-state index in [0.29, 0.717) is 35.7 Å². The van der Waals surface area contributed by atoms with Crippen LogP contribution < -0.4 is 0 Å². The van der Waals surface area contributed by atoms with E-state index in [4.69, 9.17) is 23.7 Å². The van der Waals surface area contributed by atoms with Crippen LogP contribution in [0.15, 0.2) is 25.3 Å². The van der Waals surface area contributed by atoms with Crippen molar-refractivity contribution in [3.05, 3.63) is 25.3 Å². The molecule has 3 aliphatic heterocycles. The monoisotopic (exact) mass is 602 g/mol. The molecule has 6 rings (SSSR count). The molecule has 0 spiro atoms. The summed E-state index contributed by atoms with van der Waals surface area (Å²) in [5, 5.41) is 7.69. The van der Waals surface area contributed by atoms with E-state index in [9.17, 15) is 9.59 Å². The highest BCUT2D eigenvalue weighted by molar-refractivity contribution is 8.00. The van der Waals surface area contributed by atoms with Crippen LogP contribution in [0, 0.1) is 0 Å². The van der Waals surface area contributed by atoms with E-state index in [2.05, 4.69) is 25.1 Å². The van der Waals surface area contributed by atoms with Crippen LogP contribution in [0.4, 0.5) is 4.79 Å². The van der Waals surface area contributed by atoms with E-state index in [1.807, 2.05) is 18.4 Å². The van der Waals surface area contributed by atoms with Crippen LogP contribution in [-0.2, 0) is 28.5 Å². The van der Waals surface area contributed by atoms with Crippen molar-refractivity contribution in [1.82, 2.24) is 39.2 Å². The lowest BCUT2D eigenvalue weighted by Gasteiger charge is -2.27. The molecule has 3 aromatic rings. The van der Waals surface area contributed by atoms with Crippen LogP contribution in [0.2, 0.25) is 0 Å². The first-order chi connectivity index (χ1) is 19.9. The molecule has 0 saturated carbocycles. The molecule has 3 aromatic heterocycles. The number of imidazole rings is 1. The van der Waals surface area contributed by atoms with Crippen molar-refractivity contribution in [2.75, 3.05) is 19.4 Å². The zero-order valence-corrected chi connectivity index (χ0v) is 25.1. The maximum absolute atomic E-state index is 12.9. The molecule has 226 valence electrons. The number of amides is 1. The molecule has 15 nitrogen and oxygen atoms in total. The largest absolute Gasteiger partial charge is 0.467 e. The smallest absolute Gasteiger partial charge is 0.411 e. The van der Waals surface area contributed by atoms with Gasteiger partial charge in [-0.05, 0) is 41.0 Å². The van der Waals surface area contributed by atoms with Gasteiger partial charge in [0.1, 0.15) is 42.8 Å². The quantitative estimate of drug-likeness (QED) is 0.378. The number of methoxy groups -OCH3 is 1. The summed E-state index contributed by atoms with van der Waals surface area (Å²) in [4.78, 5) is 40.3. The first-order valence-corrected chi connectivity index (χ1v) is 14.7. The van der Waals surface area contributed by atoms with Gasteiger partial charge in [0.05, 0.1) is 19.5 Å². The molecule has 0 radical (unpaired) electrons. The molecule has 3 aliphatic rings. The van der Waals surface area contributed by atoms with Gasteiger partial charge in [-0.25, -0.2) is 24.5 Å². The summed E-state index contributed by atoms with van der Waals surface area (Å²) in [6.45, 7) is 9.48. The molecule has 3 fully saturated rings. The summed E-state index contributed by atoms with van der Waals surface area (Å²) >= 11 is 1.62. The minimum atomic E-state index is -0.809. The Balaban J connectivity index is 1.20. The summed E-state index contributed by atoms with van der Waals surface area (Å²) in [7, 11) is 1.32. The fourth-order valence-electron chi connectivity index (χ4n) is 5.57. The number of hydrogen-bond acceptors (Lipinski definition) is 13. The molecule has 3 saturated heterocycles. The van der Waals surface area contributed by atoms with Crippen molar-refractivity contribution in [3.63, 3.8) is 0 Å². The Morgan fingerprint density at radius 3 is 2.55 bits per heavy atom. The third-order valence-corrected chi connectivity index (χ3v) is 8.60. The average Bonchev–Trinajstić information content (AvgIpc) is 3.74. The van der Waals surface area contributed by atoms with Gasteiger partial charge < -0.3 is 23.7 Å². The summed E-state index contributed by atoms with van der Waals surface area (Å²) in [6.07, 6.45) is 4.46. The third-order valence-electron chi connectivity index (χ3n) is 7.26. The highest BCUT2D eigenvalue weighted by Crippen LogP contribution is 2.45. The van der Waals surface area contributed by atoms with Crippen molar-refractivity contribution in [2.45, 2.75) is 88.3 Å². The molecule has 0 aliphatic carbocycles. The third kappa shape index (κ3) is 5.43. The number of esters is 1. The Morgan fingerprint density at radius 2 is 1.83 bits per heavy atom. The van der Waals surface area contributed by atoms with Crippen LogP contribution in [0.25, 0.3) is 17.0 Å². The standard InChI is InChI=1S/C26H34N8O7S/c1-25(2,3)41-24(36)33-8-14(7-15(33)23(35)37-6)42-9-16-18-19(40-26(4,5)39-18)22(38-16)34-11-29-17-20(27-10-28-21(17)34)32-12-30-31-13-32/h10-16,18-19,22H,7-9H2,1-6H3/t14-,15-,16+,18+,19+,22+/m0/s1. The summed E-state index contributed by atoms with van der Waals surface area (Å²) in [6, 6.07) is -0.714. The van der Waals surface area contributed by atoms with Gasteiger partial charge in [0.25, 0.3) is 0 Å².